The highest BCUT2D eigenvalue weighted by Gasteiger charge is 2.62. The van der Waals surface area contributed by atoms with Crippen molar-refractivity contribution in [3.63, 3.8) is 0 Å². The summed E-state index contributed by atoms with van der Waals surface area (Å²) in [4.78, 5) is 133. The third-order valence-corrected chi connectivity index (χ3v) is 22.0. The number of fused-ring (bicyclic) bond motifs is 9. The first-order valence-electron chi connectivity index (χ1n) is 36.4. The molecule has 29 heteroatoms. The number of benzene rings is 1. The summed E-state index contributed by atoms with van der Waals surface area (Å²) >= 11 is 0. The van der Waals surface area contributed by atoms with E-state index in [9.17, 15) is 63.3 Å². The summed E-state index contributed by atoms with van der Waals surface area (Å²) < 4.78 is 59.4. The Hall–Kier alpha value is -6.90. The number of nitrogens with zero attached hydrogens (tertiary/aromatic N) is 2. The molecule has 560 valence electrons. The Balaban J connectivity index is 0.669. The van der Waals surface area contributed by atoms with Gasteiger partial charge in [-0.1, -0.05) is 63.8 Å². The van der Waals surface area contributed by atoms with Gasteiger partial charge in [-0.15, -0.1) is 0 Å². The van der Waals surface area contributed by atoms with E-state index >= 15 is 0 Å². The Kier molecular flexibility index (Phi) is 25.7. The molecular formula is C73H101N7O22. The average Bonchev–Trinajstić information content (AvgIpc) is 1.55. The van der Waals surface area contributed by atoms with Gasteiger partial charge in [-0.2, -0.15) is 0 Å². The van der Waals surface area contributed by atoms with Gasteiger partial charge < -0.3 is 89.4 Å². The highest BCUT2D eigenvalue weighted by molar-refractivity contribution is 6.12. The minimum Gasteiger partial charge on any atom is -0.480 e. The number of carboxylic acid groups (broad SMARTS) is 1. The number of carbonyl (C=O) groups excluding carboxylic acids is 9. The number of imide groups is 1. The third-order valence-electron chi connectivity index (χ3n) is 22.0. The predicted octanol–water partition coefficient (Wildman–Crippen LogP) is 1.46. The second-order valence-electron chi connectivity index (χ2n) is 29.4. The fourth-order valence-electron chi connectivity index (χ4n) is 16.7. The lowest BCUT2D eigenvalue weighted by Gasteiger charge is -2.50. The number of hydrogen-bond donors (Lipinski definition) is 8. The van der Waals surface area contributed by atoms with Crippen LogP contribution in [0.15, 0.2) is 66.8 Å². The van der Waals surface area contributed by atoms with Gasteiger partial charge in [-0.05, 0) is 80.4 Å². The second kappa shape index (κ2) is 34.3. The van der Waals surface area contributed by atoms with Crippen LogP contribution in [0.3, 0.4) is 0 Å². The van der Waals surface area contributed by atoms with Gasteiger partial charge in [0.2, 0.25) is 35.4 Å². The molecule has 102 heavy (non-hydrogen) atoms. The number of likely N-dealkylation sites (tertiary alicyclic amines) is 1. The topological polar surface area (TPSA) is 381 Å². The third kappa shape index (κ3) is 19.0. The van der Waals surface area contributed by atoms with Crippen LogP contribution in [0.1, 0.15) is 135 Å². The van der Waals surface area contributed by atoms with E-state index < -0.39 is 177 Å². The lowest BCUT2D eigenvalue weighted by Crippen LogP contribution is -2.62. The van der Waals surface area contributed by atoms with Gasteiger partial charge in [0.05, 0.1) is 105 Å². The maximum absolute atomic E-state index is 14.6. The molecule has 10 aliphatic heterocycles. The van der Waals surface area contributed by atoms with E-state index in [1.165, 1.54) is 17.1 Å². The molecular weight excluding hydrogens is 1330 g/mol. The number of aliphatic carboxylic acids is 1. The van der Waals surface area contributed by atoms with Crippen LogP contribution in [-0.4, -0.2) is 253 Å². The van der Waals surface area contributed by atoms with Gasteiger partial charge in [-0.25, -0.2) is 4.79 Å². The smallest absolute Gasteiger partial charge is 0.329 e. The average molecular weight is 1430 g/mol. The summed E-state index contributed by atoms with van der Waals surface area (Å²) in [5, 5.41) is 45.0. The number of hydrogen-bond acceptors (Lipinski definition) is 21. The molecule has 1 spiro atoms. The summed E-state index contributed by atoms with van der Waals surface area (Å²) in [6.45, 7) is 10.5. The molecule has 0 radical (unpaired) electrons. The number of ketones is 1. The summed E-state index contributed by atoms with van der Waals surface area (Å²) in [5.41, 5.74) is 2.61. The van der Waals surface area contributed by atoms with Gasteiger partial charge >= 0.3 is 5.97 Å². The van der Waals surface area contributed by atoms with Crippen molar-refractivity contribution in [3.05, 3.63) is 72.4 Å². The van der Waals surface area contributed by atoms with Gasteiger partial charge in [0.15, 0.2) is 5.79 Å². The molecule has 8 N–H and O–H groups in total. The largest absolute Gasteiger partial charge is 0.480 e. The van der Waals surface area contributed by atoms with Crippen LogP contribution in [-0.2, 0) is 97.0 Å². The predicted molar refractivity (Wildman–Crippen MR) is 360 cm³/mol. The Morgan fingerprint density at radius 1 is 0.725 bits per heavy atom. The van der Waals surface area contributed by atoms with E-state index in [4.69, 9.17) is 42.6 Å². The van der Waals surface area contributed by atoms with Gasteiger partial charge in [-0.3, -0.25) is 48.1 Å². The van der Waals surface area contributed by atoms with Crippen molar-refractivity contribution in [2.24, 2.45) is 17.8 Å². The number of methoxy groups -OCH3 is 1. The number of nitrogens with one attached hydrogen (secondary N) is 5. The van der Waals surface area contributed by atoms with Crippen molar-refractivity contribution in [3.8, 4) is 0 Å². The highest BCUT2D eigenvalue weighted by atomic mass is 16.7. The molecule has 11 rings (SSSR count). The molecule has 2 unspecified atom stereocenters. The number of aliphatic hydroxyl groups is 2. The molecule has 9 saturated heterocycles. The van der Waals surface area contributed by atoms with E-state index in [1.807, 2.05) is 0 Å². The number of carboxylic acids is 1. The summed E-state index contributed by atoms with van der Waals surface area (Å²) in [7, 11) is 1.55. The summed E-state index contributed by atoms with van der Waals surface area (Å²) in [6, 6.07) is 6.39. The van der Waals surface area contributed by atoms with Crippen LogP contribution in [0.4, 0.5) is 0 Å². The van der Waals surface area contributed by atoms with Crippen molar-refractivity contribution >= 4 is 59.0 Å². The highest BCUT2D eigenvalue weighted by Crippen LogP contribution is 2.51. The molecule has 9 fully saturated rings. The van der Waals surface area contributed by atoms with Gasteiger partial charge in [0, 0.05) is 109 Å². The number of ether oxygens (including phenoxy) is 9. The van der Waals surface area contributed by atoms with Crippen molar-refractivity contribution < 1.29 is 106 Å². The van der Waals surface area contributed by atoms with Crippen LogP contribution in [0, 0.1) is 17.8 Å². The number of rotatable bonds is 25. The fourth-order valence-corrected chi connectivity index (χ4v) is 16.7. The zero-order chi connectivity index (χ0) is 72.5. The Morgan fingerprint density at radius 3 is 2.21 bits per heavy atom. The van der Waals surface area contributed by atoms with Crippen LogP contribution < -0.4 is 26.6 Å². The quantitative estimate of drug-likeness (QED) is 0.0390. The number of carbonyl (C=O) groups is 10. The van der Waals surface area contributed by atoms with Crippen molar-refractivity contribution in [1.82, 2.24) is 36.4 Å². The summed E-state index contributed by atoms with van der Waals surface area (Å²) in [6.07, 6.45) is 1.59. The fraction of sp³-hybridized carbons (Fsp3) is 0.699. The number of aliphatic hydroxyl groups excluding tert-OH is 2. The molecule has 0 aliphatic carbocycles. The maximum Gasteiger partial charge on any atom is 0.329 e. The monoisotopic (exact) mass is 1430 g/mol. The standard InChI is InChI=1S/C73H101N7O22/c1-39-24-46-15-17-54-40(2)25-48(96-54)21-22-73-32-53(83)69(102-73)66-42(4)67(101-73)70-55(100-66)18-16-47(98-70)27-44(81)28-50-57(31-56(97-46)41(39)3)99-58(68(50)94-5)29-45(82)33-74-59(84)34-76-71(92)51(26-43-12-8-6-9-13-43)78-61(86)36-75-60(85)35-77-72(93)52-30-49(95-38-65(90)91)37-80(52)62(87)14-10-7-11-23-79-63(88)19-20-64(79)89/h6,8-9,12-13,19-20,39,42,45-58,66-70,82-83H,2-3,7,10-11,14-18,21-38H2,1,4-5H3,(H,74,84)(H,75,85)(H,76,92)(H,77,93)(H,78,86)(H,90,91)/t39-,42?,45+,46+,47-,48+,49-,50+,51+,52+,53-,54+,55+,56-,57+,58-,66?,67-,68-,69+,70+,73-/m1/s1. The SMILES string of the molecule is C=C1C[C@@H]2CC[C@]34C[C@@H](O)[C@H](O3)C3O[C@H]5CC[C@H](CC(=O)C[C@@H]6[C@@H](OC)[C@@H](C[C@H](O)CNC(=O)CNC(=O)[C@H](Cc7ccccc7)NC(=O)CNC(=O)CNC(=O)[C@@H]7C[C@@H](OCC(=O)O)CN7C(=O)CCCCCN7C(=O)C=CC7=O)O[C@H]6C[C@H]6O[C@@H](CC[C@@H]1O2)C[C@@H](C)C6=C)O[C@@H]5[C@H](O4)C3C. The maximum atomic E-state index is 14.6. The van der Waals surface area contributed by atoms with E-state index in [0.29, 0.717) is 82.6 Å². The molecule has 8 amide bonds. The molecule has 0 aromatic heterocycles. The van der Waals surface area contributed by atoms with E-state index in [0.717, 1.165) is 22.5 Å². The Morgan fingerprint density at radius 2 is 1.44 bits per heavy atom. The van der Waals surface area contributed by atoms with Crippen LogP contribution in [0.25, 0.3) is 0 Å². The van der Waals surface area contributed by atoms with Gasteiger partial charge in [0.25, 0.3) is 11.8 Å². The van der Waals surface area contributed by atoms with Crippen molar-refractivity contribution in [2.45, 2.75) is 251 Å². The first kappa shape index (κ1) is 76.2. The van der Waals surface area contributed by atoms with Crippen LogP contribution in [0.5, 0.6) is 0 Å². The first-order chi connectivity index (χ1) is 48.9. The minimum atomic E-state index is -1.25. The van der Waals surface area contributed by atoms with Crippen molar-refractivity contribution in [2.75, 3.05) is 53.0 Å². The van der Waals surface area contributed by atoms with Crippen LogP contribution >= 0.6 is 0 Å². The summed E-state index contributed by atoms with van der Waals surface area (Å²) in [5.74, 6) is -7.82. The van der Waals surface area contributed by atoms with Crippen LogP contribution in [0.2, 0.25) is 0 Å². The lowest BCUT2D eigenvalue weighted by atomic mass is 9.80. The molecule has 10 bridgehead atoms. The van der Waals surface area contributed by atoms with E-state index in [1.54, 1.807) is 37.4 Å². The zero-order valence-corrected chi connectivity index (χ0v) is 58.5. The zero-order valence-electron chi connectivity index (χ0n) is 58.5. The normalized spacial score (nSPS) is 35.0. The molecule has 1 aromatic rings. The van der Waals surface area contributed by atoms with E-state index in [2.05, 4.69) is 53.6 Å². The number of amides is 8. The Bertz CT molecular complexity index is 3270. The number of Topliss-reactive ketones (excluding diaryl/α,β-unsaturated/α-hetero) is 1. The second-order valence-corrected chi connectivity index (χ2v) is 29.4. The lowest BCUT2D eigenvalue weighted by molar-refractivity contribution is -0.290. The molecule has 10 aliphatic rings. The molecule has 1 aromatic carbocycles. The Labute approximate surface area is 593 Å². The molecule has 29 nitrogen and oxygen atoms in total. The molecule has 22 atom stereocenters. The molecule has 0 saturated carbocycles. The van der Waals surface area contributed by atoms with Gasteiger partial charge in [0.1, 0.15) is 36.7 Å². The molecule has 10 heterocycles. The van der Waals surface area contributed by atoms with Crippen molar-refractivity contribution in [1.29, 1.82) is 0 Å². The minimum absolute atomic E-state index is 0.000181. The number of unbranched alkanes of at least 4 members (excludes halogenated alkanes) is 2. The first-order valence-corrected chi connectivity index (χ1v) is 36.4. The van der Waals surface area contributed by atoms with E-state index in [-0.39, 0.29) is 100 Å².